The Morgan fingerprint density at radius 1 is 1.56 bits per heavy atom. The summed E-state index contributed by atoms with van der Waals surface area (Å²) < 4.78 is 0. The summed E-state index contributed by atoms with van der Waals surface area (Å²) in [5.74, 6) is 0.539. The van der Waals surface area contributed by atoms with Crippen LogP contribution in [0.4, 0.5) is 0 Å². The van der Waals surface area contributed by atoms with Gasteiger partial charge in [-0.2, -0.15) is 0 Å². The van der Waals surface area contributed by atoms with Gasteiger partial charge in [-0.25, -0.2) is 0 Å². The van der Waals surface area contributed by atoms with E-state index in [1.807, 2.05) is 0 Å². The van der Waals surface area contributed by atoms with Crippen LogP contribution in [-0.2, 0) is 0 Å². The molecule has 0 aliphatic rings. The zero-order valence-corrected chi connectivity index (χ0v) is 6.30. The topological polar surface area (TPSA) is 46.2 Å². The van der Waals surface area contributed by atoms with Crippen molar-refractivity contribution in [2.24, 2.45) is 11.7 Å². The first-order valence-corrected chi connectivity index (χ1v) is 3.58. The first-order valence-electron chi connectivity index (χ1n) is 3.58. The van der Waals surface area contributed by atoms with Crippen LogP contribution < -0.4 is 5.73 Å². The van der Waals surface area contributed by atoms with Crippen molar-refractivity contribution in [2.75, 3.05) is 6.61 Å². The second kappa shape index (κ2) is 4.77. The van der Waals surface area contributed by atoms with Crippen molar-refractivity contribution < 1.29 is 5.11 Å². The number of aliphatic hydroxyl groups is 1. The summed E-state index contributed by atoms with van der Waals surface area (Å²) in [6, 6.07) is 0.181. The molecule has 9 heavy (non-hydrogen) atoms. The number of aliphatic hydroxyl groups excluding tert-OH is 1. The molecule has 0 heterocycles. The average Bonchev–Trinajstić information content (AvgIpc) is 1.87. The van der Waals surface area contributed by atoms with Gasteiger partial charge in [-0.3, -0.25) is 0 Å². The van der Waals surface area contributed by atoms with E-state index in [2.05, 4.69) is 13.8 Å². The van der Waals surface area contributed by atoms with Crippen LogP contribution in [0.3, 0.4) is 0 Å². The van der Waals surface area contributed by atoms with E-state index in [4.69, 9.17) is 10.8 Å². The first kappa shape index (κ1) is 8.92. The molecule has 0 rings (SSSR count). The molecule has 0 fully saturated rings. The van der Waals surface area contributed by atoms with Gasteiger partial charge in [0.1, 0.15) is 0 Å². The van der Waals surface area contributed by atoms with Crippen LogP contribution in [0.5, 0.6) is 0 Å². The highest BCUT2D eigenvalue weighted by atomic mass is 16.3. The van der Waals surface area contributed by atoms with Crippen LogP contribution in [0.25, 0.3) is 0 Å². The van der Waals surface area contributed by atoms with Crippen molar-refractivity contribution >= 4 is 0 Å². The molecule has 56 valence electrons. The fourth-order valence-electron chi connectivity index (χ4n) is 0.736. The standard InChI is InChI=1S/C7H17NO/c1-3-6(2)7(8)4-5-9/h6-7,9H,3-5,8H2,1-2H3/t6-,7-/m0/s1. The lowest BCUT2D eigenvalue weighted by Crippen LogP contribution is -2.28. The van der Waals surface area contributed by atoms with Gasteiger partial charge in [-0.15, -0.1) is 0 Å². The van der Waals surface area contributed by atoms with Crippen LogP contribution in [0.1, 0.15) is 26.7 Å². The normalized spacial score (nSPS) is 17.3. The molecule has 0 aliphatic carbocycles. The lowest BCUT2D eigenvalue weighted by molar-refractivity contribution is 0.257. The van der Waals surface area contributed by atoms with Crippen molar-refractivity contribution in [1.82, 2.24) is 0 Å². The third kappa shape index (κ3) is 3.49. The Morgan fingerprint density at radius 3 is 2.44 bits per heavy atom. The van der Waals surface area contributed by atoms with E-state index in [0.29, 0.717) is 5.92 Å². The van der Waals surface area contributed by atoms with Gasteiger partial charge in [0.2, 0.25) is 0 Å². The number of hydrogen-bond donors (Lipinski definition) is 2. The van der Waals surface area contributed by atoms with Crippen LogP contribution >= 0.6 is 0 Å². The molecule has 2 nitrogen and oxygen atoms in total. The van der Waals surface area contributed by atoms with E-state index in [9.17, 15) is 0 Å². The second-order valence-corrected chi connectivity index (χ2v) is 2.56. The fourth-order valence-corrected chi connectivity index (χ4v) is 0.736. The lowest BCUT2D eigenvalue weighted by Gasteiger charge is -2.16. The maximum atomic E-state index is 8.50. The molecule has 0 unspecified atom stereocenters. The molecule has 0 spiro atoms. The van der Waals surface area contributed by atoms with Gasteiger partial charge >= 0.3 is 0 Å². The molecule has 2 atom stereocenters. The molecule has 0 bridgehead atoms. The zero-order chi connectivity index (χ0) is 7.28. The van der Waals surface area contributed by atoms with Gasteiger partial charge in [0.05, 0.1) is 0 Å². The minimum Gasteiger partial charge on any atom is -0.396 e. The lowest BCUT2D eigenvalue weighted by atomic mass is 9.98. The Bertz CT molecular complexity index is 65.9. The summed E-state index contributed by atoms with van der Waals surface area (Å²) in [6.07, 6.45) is 1.83. The summed E-state index contributed by atoms with van der Waals surface area (Å²) in [5.41, 5.74) is 5.68. The van der Waals surface area contributed by atoms with Crippen molar-refractivity contribution in [3.05, 3.63) is 0 Å². The van der Waals surface area contributed by atoms with E-state index >= 15 is 0 Å². The highest BCUT2D eigenvalue weighted by Crippen LogP contribution is 2.07. The average molecular weight is 131 g/mol. The zero-order valence-electron chi connectivity index (χ0n) is 6.30. The van der Waals surface area contributed by atoms with Gasteiger partial charge in [0.15, 0.2) is 0 Å². The van der Waals surface area contributed by atoms with Gasteiger partial charge < -0.3 is 10.8 Å². The monoisotopic (exact) mass is 131 g/mol. The van der Waals surface area contributed by atoms with Crippen molar-refractivity contribution in [3.8, 4) is 0 Å². The third-order valence-corrected chi connectivity index (χ3v) is 1.84. The largest absolute Gasteiger partial charge is 0.396 e. The third-order valence-electron chi connectivity index (χ3n) is 1.84. The summed E-state index contributed by atoms with van der Waals surface area (Å²) in [7, 11) is 0. The van der Waals surface area contributed by atoms with Crippen molar-refractivity contribution in [2.45, 2.75) is 32.7 Å². The Morgan fingerprint density at radius 2 is 2.11 bits per heavy atom. The molecule has 3 N–H and O–H groups in total. The predicted octanol–water partition coefficient (Wildman–Crippen LogP) is 0.742. The first-order chi connectivity index (χ1) is 4.22. The maximum absolute atomic E-state index is 8.50. The van der Waals surface area contributed by atoms with E-state index in [1.165, 1.54) is 0 Å². The molecule has 0 radical (unpaired) electrons. The molecule has 0 aliphatic heterocycles. The second-order valence-electron chi connectivity index (χ2n) is 2.56. The Balaban J connectivity index is 3.32. The van der Waals surface area contributed by atoms with Crippen molar-refractivity contribution in [1.29, 1.82) is 0 Å². The summed E-state index contributed by atoms with van der Waals surface area (Å²) in [6.45, 7) is 4.44. The SMILES string of the molecule is CC[C@H](C)[C@@H](N)CCO. The van der Waals surface area contributed by atoms with E-state index in [1.54, 1.807) is 0 Å². The van der Waals surface area contributed by atoms with Crippen LogP contribution in [0, 0.1) is 5.92 Å². The van der Waals surface area contributed by atoms with Gasteiger partial charge in [0.25, 0.3) is 0 Å². The molecular formula is C7H17NO. The van der Waals surface area contributed by atoms with Crippen molar-refractivity contribution in [3.63, 3.8) is 0 Å². The number of rotatable bonds is 4. The minimum atomic E-state index is 0.181. The van der Waals surface area contributed by atoms with Gasteiger partial charge in [-0.1, -0.05) is 20.3 Å². The van der Waals surface area contributed by atoms with Crippen LogP contribution in [0.15, 0.2) is 0 Å². The maximum Gasteiger partial charge on any atom is 0.0445 e. The van der Waals surface area contributed by atoms with Gasteiger partial charge in [-0.05, 0) is 12.3 Å². The highest BCUT2D eigenvalue weighted by Gasteiger charge is 2.08. The molecule has 0 aromatic heterocycles. The quantitative estimate of drug-likeness (QED) is 0.591. The number of nitrogens with two attached hydrogens (primary N) is 1. The predicted molar refractivity (Wildman–Crippen MR) is 39.1 cm³/mol. The Labute approximate surface area is 57.1 Å². The van der Waals surface area contributed by atoms with E-state index in [0.717, 1.165) is 12.8 Å². The molecule has 0 aromatic carbocycles. The van der Waals surface area contributed by atoms with E-state index in [-0.39, 0.29) is 12.6 Å². The Hall–Kier alpha value is -0.0800. The molecule has 0 saturated heterocycles. The highest BCUT2D eigenvalue weighted by molar-refractivity contribution is 4.66. The summed E-state index contributed by atoms with van der Waals surface area (Å²) >= 11 is 0. The molecular weight excluding hydrogens is 114 g/mol. The Kier molecular flexibility index (Phi) is 4.72. The van der Waals surface area contributed by atoms with Crippen LogP contribution in [-0.4, -0.2) is 17.8 Å². The van der Waals surface area contributed by atoms with Crippen LogP contribution in [0.2, 0.25) is 0 Å². The molecule has 0 aromatic rings. The minimum absolute atomic E-state index is 0.181. The van der Waals surface area contributed by atoms with Gasteiger partial charge in [0, 0.05) is 12.6 Å². The summed E-state index contributed by atoms with van der Waals surface area (Å²) in [5, 5.41) is 8.50. The molecule has 0 saturated carbocycles. The number of hydrogen-bond acceptors (Lipinski definition) is 2. The molecule has 2 heteroatoms. The smallest absolute Gasteiger partial charge is 0.0445 e. The summed E-state index contributed by atoms with van der Waals surface area (Å²) in [4.78, 5) is 0. The van der Waals surface area contributed by atoms with E-state index < -0.39 is 0 Å². The fraction of sp³-hybridized carbons (Fsp3) is 1.00. The molecule has 0 amide bonds.